The van der Waals surface area contributed by atoms with Crippen LogP contribution in [0.5, 0.6) is 0 Å². The number of benzene rings is 1. The summed E-state index contributed by atoms with van der Waals surface area (Å²) in [6.45, 7) is 3.23. The summed E-state index contributed by atoms with van der Waals surface area (Å²) in [7, 11) is 0. The fraction of sp³-hybridized carbons (Fsp3) is 0.562. The van der Waals surface area contributed by atoms with Gasteiger partial charge >= 0.3 is 0 Å². The van der Waals surface area contributed by atoms with Gasteiger partial charge in [-0.25, -0.2) is 0 Å². The Morgan fingerprint density at radius 1 is 1.35 bits per heavy atom. The molecule has 0 aliphatic carbocycles. The van der Waals surface area contributed by atoms with Gasteiger partial charge in [0.25, 0.3) is 0 Å². The maximum atomic E-state index is 12.3. The van der Waals surface area contributed by atoms with Crippen molar-refractivity contribution in [3.8, 4) is 0 Å². The molecule has 3 N–H and O–H groups in total. The fourth-order valence-corrected chi connectivity index (χ4v) is 2.79. The lowest BCUT2D eigenvalue weighted by Gasteiger charge is -2.34. The molecule has 2 rings (SSSR count). The summed E-state index contributed by atoms with van der Waals surface area (Å²) in [6.07, 6.45) is 2.02. The molecule has 4 nitrogen and oxygen atoms in total. The maximum Gasteiger partial charge on any atom is 0.239 e. The molecular formula is C16H24N2O2. The summed E-state index contributed by atoms with van der Waals surface area (Å²) in [6, 6.07) is 9.39. The van der Waals surface area contributed by atoms with Gasteiger partial charge in [-0.05, 0) is 37.7 Å². The van der Waals surface area contributed by atoms with Gasteiger partial charge in [0, 0.05) is 13.1 Å². The number of nitrogens with two attached hydrogens (primary N) is 1. The monoisotopic (exact) mass is 276 g/mol. The number of hydrogen-bond acceptors (Lipinski definition) is 3. The molecule has 110 valence electrons. The van der Waals surface area contributed by atoms with Crippen LogP contribution in [0.25, 0.3) is 0 Å². The van der Waals surface area contributed by atoms with Gasteiger partial charge in [-0.1, -0.05) is 30.3 Å². The van der Waals surface area contributed by atoms with Crippen molar-refractivity contribution >= 4 is 5.91 Å². The predicted molar refractivity (Wildman–Crippen MR) is 79.1 cm³/mol. The van der Waals surface area contributed by atoms with E-state index >= 15 is 0 Å². The van der Waals surface area contributed by atoms with Gasteiger partial charge in [-0.2, -0.15) is 0 Å². The molecular weight excluding hydrogens is 252 g/mol. The quantitative estimate of drug-likeness (QED) is 0.867. The Labute approximate surface area is 120 Å². The fourth-order valence-electron chi connectivity index (χ4n) is 2.79. The van der Waals surface area contributed by atoms with Gasteiger partial charge in [0.05, 0.1) is 12.1 Å². The van der Waals surface area contributed by atoms with Crippen molar-refractivity contribution in [2.24, 2.45) is 11.7 Å². The number of amides is 1. The van der Waals surface area contributed by atoms with Gasteiger partial charge in [-0.15, -0.1) is 0 Å². The molecule has 1 heterocycles. The van der Waals surface area contributed by atoms with E-state index in [1.165, 1.54) is 0 Å². The zero-order chi connectivity index (χ0) is 14.5. The number of rotatable bonds is 4. The lowest BCUT2D eigenvalue weighted by molar-refractivity contribution is -0.134. The standard InChI is InChI=1S/C16H24N2O2/c1-12(19)14-7-9-18(10-8-14)16(20)15(17)11-13-5-3-2-4-6-13/h2-6,12,14-15,19H,7-11,17H2,1H3/t12?,15-/m1/s1. The van der Waals surface area contributed by atoms with Crippen LogP contribution in [0.2, 0.25) is 0 Å². The summed E-state index contributed by atoms with van der Waals surface area (Å²) in [4.78, 5) is 14.2. The van der Waals surface area contributed by atoms with Crippen LogP contribution in [-0.4, -0.2) is 41.1 Å². The molecule has 1 aromatic carbocycles. The minimum atomic E-state index is -0.472. The zero-order valence-electron chi connectivity index (χ0n) is 12.0. The minimum absolute atomic E-state index is 0.0258. The van der Waals surface area contributed by atoms with E-state index < -0.39 is 6.04 Å². The first-order valence-electron chi connectivity index (χ1n) is 7.34. The Morgan fingerprint density at radius 3 is 2.50 bits per heavy atom. The van der Waals surface area contributed by atoms with Crippen molar-refractivity contribution in [1.29, 1.82) is 0 Å². The lowest BCUT2D eigenvalue weighted by atomic mass is 9.91. The predicted octanol–water partition coefficient (Wildman–Crippen LogP) is 1.18. The molecule has 1 aliphatic rings. The summed E-state index contributed by atoms with van der Waals surface area (Å²) < 4.78 is 0. The van der Waals surface area contributed by atoms with Crippen LogP contribution in [-0.2, 0) is 11.2 Å². The third kappa shape index (κ3) is 3.81. The molecule has 0 spiro atoms. The zero-order valence-corrected chi connectivity index (χ0v) is 12.0. The van der Waals surface area contributed by atoms with Gasteiger partial charge in [0.2, 0.25) is 5.91 Å². The number of aliphatic hydroxyl groups excluding tert-OH is 1. The van der Waals surface area contributed by atoms with Crippen LogP contribution in [0.1, 0.15) is 25.3 Å². The van der Waals surface area contributed by atoms with Crippen LogP contribution >= 0.6 is 0 Å². The number of carbonyl (C=O) groups excluding carboxylic acids is 1. The highest BCUT2D eigenvalue weighted by molar-refractivity contribution is 5.82. The number of likely N-dealkylation sites (tertiary alicyclic amines) is 1. The van der Waals surface area contributed by atoms with Gasteiger partial charge in [-0.3, -0.25) is 4.79 Å². The van der Waals surface area contributed by atoms with Crippen LogP contribution < -0.4 is 5.73 Å². The normalized spacial score (nSPS) is 19.6. The van der Waals surface area contributed by atoms with Crippen LogP contribution in [0, 0.1) is 5.92 Å². The first kappa shape index (κ1) is 15.0. The average molecular weight is 276 g/mol. The highest BCUT2D eigenvalue weighted by Crippen LogP contribution is 2.21. The van der Waals surface area contributed by atoms with E-state index in [9.17, 15) is 9.90 Å². The highest BCUT2D eigenvalue weighted by atomic mass is 16.3. The first-order chi connectivity index (χ1) is 9.58. The molecule has 1 aliphatic heterocycles. The number of piperidine rings is 1. The van der Waals surface area contributed by atoms with Crippen molar-refractivity contribution in [2.75, 3.05) is 13.1 Å². The largest absolute Gasteiger partial charge is 0.393 e. The molecule has 1 amide bonds. The Kier molecular flexibility index (Phi) is 5.15. The van der Waals surface area contributed by atoms with Gasteiger partial charge in [0.1, 0.15) is 0 Å². The molecule has 1 unspecified atom stereocenters. The molecule has 0 radical (unpaired) electrons. The van der Waals surface area contributed by atoms with Crippen molar-refractivity contribution in [3.63, 3.8) is 0 Å². The van der Waals surface area contributed by atoms with E-state index in [2.05, 4.69) is 0 Å². The van der Waals surface area contributed by atoms with E-state index in [1.807, 2.05) is 42.2 Å². The molecule has 0 saturated carbocycles. The van der Waals surface area contributed by atoms with Crippen molar-refractivity contribution in [1.82, 2.24) is 4.90 Å². The van der Waals surface area contributed by atoms with Gasteiger partial charge < -0.3 is 15.7 Å². The first-order valence-corrected chi connectivity index (χ1v) is 7.34. The van der Waals surface area contributed by atoms with E-state index in [0.717, 1.165) is 18.4 Å². The van der Waals surface area contributed by atoms with Crippen molar-refractivity contribution in [3.05, 3.63) is 35.9 Å². The van der Waals surface area contributed by atoms with Crippen LogP contribution in [0.15, 0.2) is 30.3 Å². The van der Waals surface area contributed by atoms with Crippen LogP contribution in [0.3, 0.4) is 0 Å². The summed E-state index contributed by atoms with van der Waals surface area (Å²) >= 11 is 0. The Morgan fingerprint density at radius 2 is 1.95 bits per heavy atom. The number of nitrogens with zero attached hydrogens (tertiary/aromatic N) is 1. The smallest absolute Gasteiger partial charge is 0.239 e. The topological polar surface area (TPSA) is 66.6 Å². The summed E-state index contributed by atoms with van der Waals surface area (Å²) in [5.74, 6) is 0.335. The average Bonchev–Trinajstić information content (AvgIpc) is 2.47. The van der Waals surface area contributed by atoms with Gasteiger partial charge in [0.15, 0.2) is 0 Å². The number of hydrogen-bond donors (Lipinski definition) is 2. The Balaban J connectivity index is 1.85. The summed E-state index contributed by atoms with van der Waals surface area (Å²) in [5, 5.41) is 9.58. The summed E-state index contributed by atoms with van der Waals surface area (Å²) in [5.41, 5.74) is 7.12. The van der Waals surface area contributed by atoms with E-state index in [0.29, 0.717) is 25.4 Å². The molecule has 0 bridgehead atoms. The minimum Gasteiger partial charge on any atom is -0.393 e. The molecule has 20 heavy (non-hydrogen) atoms. The molecule has 1 saturated heterocycles. The Hall–Kier alpha value is -1.39. The van der Waals surface area contributed by atoms with Crippen molar-refractivity contribution in [2.45, 2.75) is 38.3 Å². The molecule has 0 aromatic heterocycles. The lowest BCUT2D eigenvalue weighted by Crippen LogP contribution is -2.48. The third-order valence-electron chi connectivity index (χ3n) is 4.15. The number of carbonyl (C=O) groups is 1. The van der Waals surface area contributed by atoms with Crippen LogP contribution in [0.4, 0.5) is 0 Å². The molecule has 4 heteroatoms. The van der Waals surface area contributed by atoms with E-state index in [4.69, 9.17) is 5.73 Å². The highest BCUT2D eigenvalue weighted by Gasteiger charge is 2.28. The third-order valence-corrected chi connectivity index (χ3v) is 4.15. The Bertz CT molecular complexity index is 425. The SMILES string of the molecule is CC(O)C1CCN(C(=O)[C@H](N)Cc2ccccc2)CC1. The molecule has 2 atom stereocenters. The number of aliphatic hydroxyl groups is 1. The van der Waals surface area contributed by atoms with Crippen molar-refractivity contribution < 1.29 is 9.90 Å². The maximum absolute atomic E-state index is 12.3. The second-order valence-corrected chi connectivity index (χ2v) is 5.70. The molecule has 1 fully saturated rings. The van der Waals surface area contributed by atoms with E-state index in [-0.39, 0.29) is 12.0 Å². The van der Waals surface area contributed by atoms with E-state index in [1.54, 1.807) is 0 Å². The molecule has 1 aromatic rings. The second-order valence-electron chi connectivity index (χ2n) is 5.70. The second kappa shape index (κ2) is 6.86.